The van der Waals surface area contributed by atoms with Crippen molar-refractivity contribution >= 4 is 5.97 Å². The van der Waals surface area contributed by atoms with Gasteiger partial charge in [-0.05, 0) is 31.4 Å². The van der Waals surface area contributed by atoms with E-state index >= 15 is 0 Å². The van der Waals surface area contributed by atoms with Crippen molar-refractivity contribution in [2.45, 2.75) is 51.4 Å². The van der Waals surface area contributed by atoms with Crippen LogP contribution in [0.1, 0.15) is 51.5 Å². The SMILES string of the molecule is CCOC(=O)C(C)C1(c2cc[c]cc2)CCCCC1. The highest BCUT2D eigenvalue weighted by molar-refractivity contribution is 5.74. The van der Waals surface area contributed by atoms with Gasteiger partial charge in [0.2, 0.25) is 0 Å². The van der Waals surface area contributed by atoms with Gasteiger partial charge in [0.25, 0.3) is 0 Å². The van der Waals surface area contributed by atoms with Crippen LogP contribution in [0.5, 0.6) is 0 Å². The van der Waals surface area contributed by atoms with Crippen molar-refractivity contribution in [3.63, 3.8) is 0 Å². The van der Waals surface area contributed by atoms with Crippen LogP contribution < -0.4 is 0 Å². The smallest absolute Gasteiger partial charge is 0.309 e. The Morgan fingerprint density at radius 3 is 2.53 bits per heavy atom. The maximum absolute atomic E-state index is 12.2. The molecule has 1 aromatic carbocycles. The standard InChI is InChI=1S/C17H23O2/c1-3-19-16(18)14(2)17(12-8-5-9-13-17)15-10-6-4-7-11-15/h6-7,10-11,14H,3,5,8-9,12-13H2,1-2H3. The summed E-state index contributed by atoms with van der Waals surface area (Å²) in [5.41, 5.74) is 1.23. The fraction of sp³-hybridized carbons (Fsp3) is 0.588. The van der Waals surface area contributed by atoms with Gasteiger partial charge in [0.15, 0.2) is 0 Å². The number of hydrogen-bond donors (Lipinski definition) is 0. The van der Waals surface area contributed by atoms with Crippen LogP contribution in [-0.4, -0.2) is 12.6 Å². The zero-order valence-corrected chi connectivity index (χ0v) is 11.9. The third-order valence-corrected chi connectivity index (χ3v) is 4.51. The Morgan fingerprint density at radius 2 is 1.95 bits per heavy atom. The van der Waals surface area contributed by atoms with E-state index in [1.54, 1.807) is 0 Å². The summed E-state index contributed by atoms with van der Waals surface area (Å²) in [6.45, 7) is 4.36. The van der Waals surface area contributed by atoms with Crippen molar-refractivity contribution in [2.24, 2.45) is 5.92 Å². The number of carbonyl (C=O) groups excluding carboxylic acids is 1. The molecule has 0 saturated heterocycles. The maximum Gasteiger partial charge on any atom is 0.309 e. The van der Waals surface area contributed by atoms with Crippen LogP contribution in [-0.2, 0) is 14.9 Å². The Hall–Kier alpha value is -1.31. The molecule has 2 nitrogen and oxygen atoms in total. The number of benzene rings is 1. The predicted octanol–water partition coefficient (Wildman–Crippen LogP) is 3.89. The summed E-state index contributed by atoms with van der Waals surface area (Å²) in [5, 5.41) is 0. The highest BCUT2D eigenvalue weighted by Gasteiger charge is 2.42. The van der Waals surface area contributed by atoms with E-state index in [2.05, 4.69) is 18.2 Å². The van der Waals surface area contributed by atoms with Crippen molar-refractivity contribution in [3.05, 3.63) is 35.9 Å². The van der Waals surface area contributed by atoms with Crippen molar-refractivity contribution in [3.8, 4) is 0 Å². The summed E-state index contributed by atoms with van der Waals surface area (Å²) >= 11 is 0. The molecular formula is C17H23O2. The third kappa shape index (κ3) is 2.83. The molecule has 2 heteroatoms. The molecule has 19 heavy (non-hydrogen) atoms. The second-order valence-corrected chi connectivity index (χ2v) is 5.48. The lowest BCUT2D eigenvalue weighted by Crippen LogP contribution is -2.40. The molecule has 1 saturated carbocycles. The first-order chi connectivity index (χ1) is 9.20. The highest BCUT2D eigenvalue weighted by Crippen LogP contribution is 2.45. The van der Waals surface area contributed by atoms with E-state index in [1.165, 1.54) is 24.8 Å². The first kappa shape index (κ1) is 14.1. The van der Waals surface area contributed by atoms with E-state index in [-0.39, 0.29) is 17.3 Å². The Kier molecular flexibility index (Phi) is 4.62. The lowest BCUT2D eigenvalue weighted by atomic mass is 9.62. The van der Waals surface area contributed by atoms with Gasteiger partial charge in [-0.15, -0.1) is 0 Å². The predicted molar refractivity (Wildman–Crippen MR) is 75.8 cm³/mol. The van der Waals surface area contributed by atoms with E-state index in [9.17, 15) is 4.79 Å². The summed E-state index contributed by atoms with van der Waals surface area (Å²) in [6, 6.07) is 11.2. The van der Waals surface area contributed by atoms with Gasteiger partial charge in [0, 0.05) is 5.41 Å². The topological polar surface area (TPSA) is 26.3 Å². The van der Waals surface area contributed by atoms with Gasteiger partial charge in [-0.25, -0.2) is 0 Å². The van der Waals surface area contributed by atoms with Crippen molar-refractivity contribution < 1.29 is 9.53 Å². The van der Waals surface area contributed by atoms with E-state index in [0.29, 0.717) is 6.61 Å². The van der Waals surface area contributed by atoms with Gasteiger partial charge in [-0.2, -0.15) is 0 Å². The fourth-order valence-electron chi connectivity index (χ4n) is 3.37. The summed E-state index contributed by atoms with van der Waals surface area (Å²) in [4.78, 5) is 12.2. The number of hydrogen-bond acceptors (Lipinski definition) is 2. The van der Waals surface area contributed by atoms with Crippen LogP contribution >= 0.6 is 0 Å². The lowest BCUT2D eigenvalue weighted by molar-refractivity contribution is -0.150. The average Bonchev–Trinajstić information content (AvgIpc) is 2.48. The number of esters is 1. The minimum Gasteiger partial charge on any atom is -0.466 e. The molecule has 2 rings (SSSR count). The molecule has 0 aliphatic heterocycles. The Bertz CT molecular complexity index is 405. The molecule has 0 spiro atoms. The molecule has 1 aliphatic carbocycles. The molecule has 1 fully saturated rings. The van der Waals surface area contributed by atoms with E-state index < -0.39 is 0 Å². The second kappa shape index (κ2) is 6.23. The van der Waals surface area contributed by atoms with Crippen LogP contribution in [0.3, 0.4) is 0 Å². The summed E-state index contributed by atoms with van der Waals surface area (Å²) in [6.07, 6.45) is 5.83. The number of rotatable bonds is 4. The molecule has 0 amide bonds. The first-order valence-corrected chi connectivity index (χ1v) is 7.34. The van der Waals surface area contributed by atoms with E-state index in [0.717, 1.165) is 12.8 Å². The molecule has 103 valence electrons. The van der Waals surface area contributed by atoms with Gasteiger partial charge >= 0.3 is 5.97 Å². The van der Waals surface area contributed by atoms with Crippen LogP contribution in [0.25, 0.3) is 0 Å². The van der Waals surface area contributed by atoms with Crippen molar-refractivity contribution in [1.82, 2.24) is 0 Å². The zero-order chi connectivity index (χ0) is 13.7. The molecule has 1 radical (unpaired) electrons. The molecule has 0 heterocycles. The molecule has 0 aromatic heterocycles. The number of ether oxygens (including phenoxy) is 1. The van der Waals surface area contributed by atoms with Gasteiger partial charge in [0.1, 0.15) is 0 Å². The van der Waals surface area contributed by atoms with Crippen LogP contribution in [0.15, 0.2) is 24.3 Å². The van der Waals surface area contributed by atoms with Crippen molar-refractivity contribution in [2.75, 3.05) is 6.61 Å². The van der Waals surface area contributed by atoms with Gasteiger partial charge in [0.05, 0.1) is 12.5 Å². The largest absolute Gasteiger partial charge is 0.466 e. The minimum atomic E-state index is -0.0739. The molecule has 1 aromatic rings. The fourth-order valence-corrected chi connectivity index (χ4v) is 3.37. The van der Waals surface area contributed by atoms with Crippen LogP contribution in [0.2, 0.25) is 0 Å². The molecule has 1 unspecified atom stereocenters. The molecule has 1 aliphatic rings. The lowest BCUT2D eigenvalue weighted by Gasteiger charge is -2.41. The second-order valence-electron chi connectivity index (χ2n) is 5.48. The molecule has 1 atom stereocenters. The Labute approximate surface area is 116 Å². The molecular weight excluding hydrogens is 236 g/mol. The summed E-state index contributed by atoms with van der Waals surface area (Å²) in [5.74, 6) is -0.132. The number of carbonyl (C=O) groups is 1. The average molecular weight is 259 g/mol. The third-order valence-electron chi connectivity index (χ3n) is 4.51. The monoisotopic (exact) mass is 259 g/mol. The molecule has 0 N–H and O–H groups in total. The Morgan fingerprint density at radius 1 is 1.32 bits per heavy atom. The Balaban J connectivity index is 2.32. The molecule has 0 bridgehead atoms. The van der Waals surface area contributed by atoms with E-state index in [4.69, 9.17) is 4.74 Å². The van der Waals surface area contributed by atoms with Gasteiger partial charge in [-0.1, -0.05) is 50.5 Å². The normalized spacial score (nSPS) is 19.7. The summed E-state index contributed by atoms with van der Waals surface area (Å²) < 4.78 is 5.26. The first-order valence-electron chi connectivity index (χ1n) is 7.34. The minimum absolute atomic E-state index is 0.0421. The quantitative estimate of drug-likeness (QED) is 0.767. The van der Waals surface area contributed by atoms with Crippen molar-refractivity contribution in [1.29, 1.82) is 0 Å². The van der Waals surface area contributed by atoms with Crippen LogP contribution in [0, 0.1) is 12.0 Å². The van der Waals surface area contributed by atoms with Gasteiger partial charge in [-0.3, -0.25) is 4.79 Å². The highest BCUT2D eigenvalue weighted by atomic mass is 16.5. The zero-order valence-electron chi connectivity index (χ0n) is 11.9. The summed E-state index contributed by atoms with van der Waals surface area (Å²) in [7, 11) is 0. The maximum atomic E-state index is 12.2. The van der Waals surface area contributed by atoms with Gasteiger partial charge < -0.3 is 4.74 Å². The van der Waals surface area contributed by atoms with E-state index in [1.807, 2.05) is 26.0 Å². The van der Waals surface area contributed by atoms with Crippen LogP contribution in [0.4, 0.5) is 0 Å².